The number of carbonyl (C=O) groups is 2. The lowest BCUT2D eigenvalue weighted by Gasteiger charge is -2.19. The molecule has 3 aromatic rings. The molecule has 3 rings (SSSR count). The highest BCUT2D eigenvalue weighted by Gasteiger charge is 2.21. The Morgan fingerprint density at radius 1 is 1.16 bits per heavy atom. The van der Waals surface area contributed by atoms with Crippen molar-refractivity contribution in [3.8, 4) is 16.9 Å². The molecule has 1 heterocycles. The molecule has 0 bridgehead atoms. The number of aromatic nitrogens is 1. The van der Waals surface area contributed by atoms with E-state index >= 15 is 0 Å². The molecule has 8 nitrogen and oxygen atoms in total. The molecular formula is C23H22FN3O5. The number of aryl methyl sites for hydroxylation is 2. The maximum atomic E-state index is 14.2. The van der Waals surface area contributed by atoms with Crippen LogP contribution < -0.4 is 16.2 Å². The first-order chi connectivity index (χ1) is 15.2. The minimum Gasteiger partial charge on any atom is -0.505 e. The molecule has 166 valence electrons. The van der Waals surface area contributed by atoms with E-state index < -0.39 is 35.8 Å². The number of halogens is 1. The maximum Gasteiger partial charge on any atom is 0.319 e. The molecule has 0 aliphatic heterocycles. The second-order valence-corrected chi connectivity index (χ2v) is 7.31. The van der Waals surface area contributed by atoms with Crippen LogP contribution in [0.3, 0.4) is 0 Å². The summed E-state index contributed by atoms with van der Waals surface area (Å²) in [5.41, 5.74) is 0.718. The van der Waals surface area contributed by atoms with E-state index in [9.17, 15) is 29.0 Å². The first-order valence-corrected chi connectivity index (χ1v) is 9.70. The van der Waals surface area contributed by atoms with Crippen molar-refractivity contribution < 1.29 is 24.2 Å². The molecule has 1 atom stereocenters. The fraction of sp³-hybridized carbons (Fsp3) is 0.174. The zero-order chi connectivity index (χ0) is 23.4. The van der Waals surface area contributed by atoms with E-state index in [4.69, 9.17) is 0 Å². The average Bonchev–Trinajstić information content (AvgIpc) is 2.75. The largest absolute Gasteiger partial charge is 0.505 e. The number of hydrogen-bond acceptors (Lipinski definition) is 4. The van der Waals surface area contributed by atoms with Gasteiger partial charge in [0.25, 0.3) is 5.56 Å². The second kappa shape index (κ2) is 9.34. The normalized spacial score (nSPS) is 11.6. The van der Waals surface area contributed by atoms with Crippen LogP contribution in [0.15, 0.2) is 59.5 Å². The smallest absolute Gasteiger partial charge is 0.319 e. The van der Waals surface area contributed by atoms with Crippen LogP contribution in [0, 0.1) is 12.7 Å². The van der Waals surface area contributed by atoms with Gasteiger partial charge >= 0.3 is 12.0 Å². The van der Waals surface area contributed by atoms with Crippen molar-refractivity contribution in [2.45, 2.75) is 19.4 Å². The van der Waals surface area contributed by atoms with Gasteiger partial charge in [0.1, 0.15) is 11.6 Å². The highest BCUT2D eigenvalue weighted by Crippen LogP contribution is 2.27. The Labute approximate surface area is 183 Å². The quantitative estimate of drug-likeness (QED) is 0.468. The molecule has 0 radical (unpaired) electrons. The third-order valence-electron chi connectivity index (χ3n) is 4.93. The number of pyridine rings is 1. The number of nitrogens with one attached hydrogen (secondary N) is 2. The van der Waals surface area contributed by atoms with Gasteiger partial charge in [-0.05, 0) is 30.2 Å². The second-order valence-electron chi connectivity index (χ2n) is 7.31. The summed E-state index contributed by atoms with van der Waals surface area (Å²) in [6.45, 7) is 1.57. The van der Waals surface area contributed by atoms with Gasteiger partial charge in [-0.15, -0.1) is 0 Å². The van der Waals surface area contributed by atoms with Crippen LogP contribution in [0.1, 0.15) is 23.6 Å². The van der Waals surface area contributed by atoms with E-state index in [0.29, 0.717) is 22.3 Å². The molecule has 0 saturated carbocycles. The lowest BCUT2D eigenvalue weighted by molar-refractivity contribution is -0.137. The number of carboxylic acids is 1. The van der Waals surface area contributed by atoms with Crippen molar-refractivity contribution in [1.29, 1.82) is 0 Å². The Morgan fingerprint density at radius 2 is 1.88 bits per heavy atom. The Balaban J connectivity index is 1.90. The molecule has 0 fully saturated rings. The third-order valence-corrected chi connectivity index (χ3v) is 4.93. The summed E-state index contributed by atoms with van der Waals surface area (Å²) in [6.07, 6.45) is 0.966. The van der Waals surface area contributed by atoms with Crippen molar-refractivity contribution in [3.63, 3.8) is 0 Å². The molecule has 9 heteroatoms. The Hall–Kier alpha value is -4.14. The van der Waals surface area contributed by atoms with Crippen LogP contribution >= 0.6 is 0 Å². The minimum absolute atomic E-state index is 0.320. The number of anilines is 1. The van der Waals surface area contributed by atoms with E-state index in [0.717, 1.165) is 0 Å². The van der Waals surface area contributed by atoms with E-state index in [1.54, 1.807) is 49.4 Å². The molecule has 0 aliphatic rings. The van der Waals surface area contributed by atoms with E-state index in [2.05, 4.69) is 10.6 Å². The first-order valence-electron chi connectivity index (χ1n) is 9.70. The molecule has 0 unspecified atom stereocenters. The van der Waals surface area contributed by atoms with Crippen molar-refractivity contribution in [3.05, 3.63) is 82.0 Å². The van der Waals surface area contributed by atoms with E-state index in [-0.39, 0.29) is 11.4 Å². The summed E-state index contributed by atoms with van der Waals surface area (Å²) in [6, 6.07) is 10.8. The number of aliphatic carboxylic acids is 1. The fourth-order valence-corrected chi connectivity index (χ4v) is 3.35. The number of carboxylic acid groups (broad SMARTS) is 1. The molecule has 4 N–H and O–H groups in total. The van der Waals surface area contributed by atoms with E-state index in [1.165, 1.54) is 23.9 Å². The van der Waals surface area contributed by atoms with Crippen molar-refractivity contribution in [1.82, 2.24) is 9.88 Å². The lowest BCUT2D eigenvalue weighted by atomic mass is 9.97. The summed E-state index contributed by atoms with van der Waals surface area (Å²) < 4.78 is 15.4. The number of nitrogens with zero attached hydrogens (tertiary/aromatic N) is 1. The maximum absolute atomic E-state index is 14.2. The summed E-state index contributed by atoms with van der Waals surface area (Å²) in [7, 11) is 1.47. The van der Waals surface area contributed by atoms with Gasteiger partial charge in [-0.3, -0.25) is 9.59 Å². The summed E-state index contributed by atoms with van der Waals surface area (Å²) in [5, 5.41) is 24.3. The number of benzene rings is 2. The number of urea groups is 1. The minimum atomic E-state index is -1.17. The van der Waals surface area contributed by atoms with Gasteiger partial charge in [0.15, 0.2) is 5.69 Å². The summed E-state index contributed by atoms with van der Waals surface area (Å²) in [5.74, 6) is -1.98. The van der Waals surface area contributed by atoms with Gasteiger partial charge in [0, 0.05) is 24.4 Å². The van der Waals surface area contributed by atoms with Crippen LogP contribution in [-0.2, 0) is 11.8 Å². The first kappa shape index (κ1) is 22.5. The van der Waals surface area contributed by atoms with E-state index in [1.807, 2.05) is 0 Å². The van der Waals surface area contributed by atoms with Crippen molar-refractivity contribution >= 4 is 17.7 Å². The predicted molar refractivity (Wildman–Crippen MR) is 117 cm³/mol. The SMILES string of the molecule is Cc1cn(C)c(=O)c(NC(=O)N[C@@H](CC(=O)O)c2cccc(-c3ccccc3F)c2)c1O. The number of amides is 2. The standard InChI is InChI=1S/C23H22FN3O5/c1-13-12-27(2)22(31)20(21(13)30)26-23(32)25-18(11-19(28)29)15-7-5-6-14(10-15)16-8-3-4-9-17(16)24/h3-10,12,18,30H,11H2,1-2H3,(H,28,29)(H2,25,26,32)/t18-/m0/s1. The Bertz CT molecular complexity index is 1240. The fourth-order valence-electron chi connectivity index (χ4n) is 3.35. The van der Waals surface area contributed by atoms with Crippen molar-refractivity contribution in [2.24, 2.45) is 7.05 Å². The molecular weight excluding hydrogens is 417 g/mol. The van der Waals surface area contributed by atoms with Gasteiger partial charge in [-0.1, -0.05) is 36.4 Å². The third kappa shape index (κ3) is 4.94. The summed E-state index contributed by atoms with van der Waals surface area (Å²) in [4.78, 5) is 36.3. The summed E-state index contributed by atoms with van der Waals surface area (Å²) >= 11 is 0. The molecule has 32 heavy (non-hydrogen) atoms. The predicted octanol–water partition coefficient (Wildman–Crippen LogP) is 3.54. The zero-order valence-electron chi connectivity index (χ0n) is 17.4. The van der Waals surface area contributed by atoms with Crippen LogP contribution in [0.2, 0.25) is 0 Å². The average molecular weight is 439 g/mol. The van der Waals surface area contributed by atoms with Crippen LogP contribution in [0.5, 0.6) is 5.75 Å². The Morgan fingerprint density at radius 3 is 2.56 bits per heavy atom. The zero-order valence-corrected chi connectivity index (χ0v) is 17.4. The van der Waals surface area contributed by atoms with Gasteiger partial charge in [0.2, 0.25) is 0 Å². The van der Waals surface area contributed by atoms with Gasteiger partial charge < -0.3 is 25.4 Å². The van der Waals surface area contributed by atoms with Crippen LogP contribution in [0.4, 0.5) is 14.9 Å². The Kier molecular flexibility index (Phi) is 6.58. The molecule has 0 saturated heterocycles. The highest BCUT2D eigenvalue weighted by atomic mass is 19.1. The number of hydrogen-bond donors (Lipinski definition) is 4. The van der Waals surface area contributed by atoms with Gasteiger partial charge in [-0.25, -0.2) is 9.18 Å². The number of carbonyl (C=O) groups excluding carboxylic acids is 1. The molecule has 0 spiro atoms. The molecule has 0 aliphatic carbocycles. The van der Waals surface area contributed by atoms with Crippen molar-refractivity contribution in [2.75, 3.05) is 5.32 Å². The van der Waals surface area contributed by atoms with Crippen LogP contribution in [-0.4, -0.2) is 26.8 Å². The topological polar surface area (TPSA) is 121 Å². The molecule has 2 aromatic carbocycles. The number of aromatic hydroxyl groups is 1. The van der Waals surface area contributed by atoms with Gasteiger partial charge in [0.05, 0.1) is 12.5 Å². The van der Waals surface area contributed by atoms with Crippen LogP contribution in [0.25, 0.3) is 11.1 Å². The lowest BCUT2D eigenvalue weighted by Crippen LogP contribution is -2.36. The molecule has 1 aromatic heterocycles. The highest BCUT2D eigenvalue weighted by molar-refractivity contribution is 5.91. The molecule has 2 amide bonds. The number of rotatable bonds is 6. The monoisotopic (exact) mass is 439 g/mol. The van der Waals surface area contributed by atoms with Gasteiger partial charge in [-0.2, -0.15) is 0 Å².